The molecule has 1 unspecified atom stereocenters. The fraction of sp³-hybridized carbons (Fsp3) is 0.500. The van der Waals surface area contributed by atoms with Gasteiger partial charge in [0.05, 0.1) is 10.1 Å². The van der Waals surface area contributed by atoms with Crippen LogP contribution in [0.3, 0.4) is 0 Å². The lowest BCUT2D eigenvalue weighted by Crippen LogP contribution is -2.43. The Morgan fingerprint density at radius 3 is 2.79 bits per heavy atom. The molecule has 1 heterocycles. The first-order valence-electron chi connectivity index (χ1n) is 5.90. The number of thioether (sulfide) groups is 1. The molecule has 1 aliphatic rings. The van der Waals surface area contributed by atoms with Crippen LogP contribution in [-0.2, 0) is 15.3 Å². The van der Waals surface area contributed by atoms with Crippen LogP contribution in [0.15, 0.2) is 12.1 Å². The van der Waals surface area contributed by atoms with Gasteiger partial charge >= 0.3 is 5.97 Å². The number of hydrogen-bond acceptors (Lipinski definition) is 4. The Hall–Kier alpha value is -0.720. The van der Waals surface area contributed by atoms with Crippen LogP contribution in [0, 0.1) is 5.92 Å². The first-order chi connectivity index (χ1) is 9.06. The minimum Gasteiger partial charge on any atom is -0.480 e. The molecule has 4 nitrogen and oxygen atoms in total. The number of carboxylic acids is 1. The van der Waals surface area contributed by atoms with Gasteiger partial charge in [-0.25, -0.2) is 4.79 Å². The lowest BCUT2D eigenvalue weighted by molar-refractivity contribution is -0.142. The molecule has 0 radical (unpaired) electrons. The summed E-state index contributed by atoms with van der Waals surface area (Å²) in [6.45, 7) is 0. The van der Waals surface area contributed by atoms with Crippen molar-refractivity contribution in [2.75, 3.05) is 5.75 Å². The summed E-state index contributed by atoms with van der Waals surface area (Å²) < 4.78 is 0.736. The second-order valence-corrected chi connectivity index (χ2v) is 7.20. The van der Waals surface area contributed by atoms with Crippen molar-refractivity contribution in [3.8, 4) is 0 Å². The van der Waals surface area contributed by atoms with E-state index in [2.05, 4.69) is 5.32 Å². The van der Waals surface area contributed by atoms with Crippen LogP contribution in [0.1, 0.15) is 17.7 Å². The molecule has 2 N–H and O–H groups in total. The van der Waals surface area contributed by atoms with Crippen LogP contribution in [-0.4, -0.2) is 28.8 Å². The Bertz CT molecular complexity index is 473. The average Bonchev–Trinajstić information content (AvgIpc) is 3.10. The Balaban J connectivity index is 1.70. The van der Waals surface area contributed by atoms with Crippen molar-refractivity contribution >= 4 is 46.6 Å². The van der Waals surface area contributed by atoms with Crippen LogP contribution >= 0.6 is 34.7 Å². The van der Waals surface area contributed by atoms with E-state index in [-0.39, 0.29) is 17.6 Å². The van der Waals surface area contributed by atoms with E-state index in [0.29, 0.717) is 5.75 Å². The van der Waals surface area contributed by atoms with Gasteiger partial charge < -0.3 is 10.4 Å². The molecule has 1 aliphatic carbocycles. The van der Waals surface area contributed by atoms with Crippen molar-refractivity contribution in [3.63, 3.8) is 0 Å². The summed E-state index contributed by atoms with van der Waals surface area (Å²) in [4.78, 5) is 23.8. The molecule has 7 heteroatoms. The minimum absolute atomic E-state index is 0.113. The Morgan fingerprint density at radius 1 is 1.53 bits per heavy atom. The predicted octanol–water partition coefficient (Wildman–Crippen LogP) is 2.61. The first-order valence-corrected chi connectivity index (χ1v) is 8.25. The Morgan fingerprint density at radius 2 is 2.26 bits per heavy atom. The maximum absolute atomic E-state index is 11.7. The molecule has 0 bridgehead atoms. The quantitative estimate of drug-likeness (QED) is 0.810. The average molecular weight is 320 g/mol. The normalized spacial score (nSPS) is 16.1. The molecule has 1 saturated carbocycles. The summed E-state index contributed by atoms with van der Waals surface area (Å²) in [6.07, 6.45) is 1.77. The lowest BCUT2D eigenvalue weighted by Gasteiger charge is -2.13. The molecule has 104 valence electrons. The highest BCUT2D eigenvalue weighted by Crippen LogP contribution is 2.32. The fourth-order valence-electron chi connectivity index (χ4n) is 1.70. The van der Waals surface area contributed by atoms with Crippen molar-refractivity contribution in [2.24, 2.45) is 5.92 Å². The summed E-state index contributed by atoms with van der Waals surface area (Å²) in [7, 11) is 0. The smallest absolute Gasteiger partial charge is 0.326 e. The van der Waals surface area contributed by atoms with Crippen LogP contribution in [0.5, 0.6) is 0 Å². The van der Waals surface area contributed by atoms with Crippen molar-refractivity contribution in [1.29, 1.82) is 0 Å². The molecule has 1 fully saturated rings. The number of amides is 1. The maximum atomic E-state index is 11.7. The molecule has 0 saturated heterocycles. The fourth-order valence-corrected chi connectivity index (χ4v) is 3.74. The van der Waals surface area contributed by atoms with E-state index < -0.39 is 12.0 Å². The van der Waals surface area contributed by atoms with E-state index >= 15 is 0 Å². The van der Waals surface area contributed by atoms with Crippen molar-refractivity contribution in [2.45, 2.75) is 24.6 Å². The SMILES string of the molecule is O=C(CSCc1ccc(Cl)s1)NC(C(=O)O)C1CC1. The second-order valence-electron chi connectivity index (χ2n) is 4.42. The summed E-state index contributed by atoms with van der Waals surface area (Å²) in [5, 5.41) is 11.6. The maximum Gasteiger partial charge on any atom is 0.326 e. The van der Waals surface area contributed by atoms with Gasteiger partial charge in [0.1, 0.15) is 6.04 Å². The van der Waals surface area contributed by atoms with Crippen molar-refractivity contribution in [1.82, 2.24) is 5.32 Å². The van der Waals surface area contributed by atoms with Gasteiger partial charge in [0.15, 0.2) is 0 Å². The zero-order valence-electron chi connectivity index (χ0n) is 10.1. The number of carboxylic acid groups (broad SMARTS) is 1. The highest BCUT2D eigenvalue weighted by atomic mass is 35.5. The van der Waals surface area contributed by atoms with Crippen LogP contribution in [0.4, 0.5) is 0 Å². The lowest BCUT2D eigenvalue weighted by atomic mass is 10.2. The summed E-state index contributed by atoms with van der Waals surface area (Å²) in [6, 6.07) is 3.04. The van der Waals surface area contributed by atoms with E-state index in [1.54, 1.807) is 0 Å². The van der Waals surface area contributed by atoms with Crippen LogP contribution in [0.25, 0.3) is 0 Å². The van der Waals surface area contributed by atoms with Gasteiger partial charge in [-0.15, -0.1) is 23.1 Å². The van der Waals surface area contributed by atoms with Gasteiger partial charge in [0.25, 0.3) is 0 Å². The van der Waals surface area contributed by atoms with E-state index in [1.165, 1.54) is 23.1 Å². The summed E-state index contributed by atoms with van der Waals surface area (Å²) in [5.41, 5.74) is 0. The Labute approximate surface area is 124 Å². The number of carbonyl (C=O) groups is 2. The number of rotatable bonds is 7. The molecule has 0 spiro atoms. The van der Waals surface area contributed by atoms with Gasteiger partial charge in [-0.3, -0.25) is 4.79 Å². The van der Waals surface area contributed by atoms with Crippen LogP contribution in [0.2, 0.25) is 4.34 Å². The standard InChI is InChI=1S/C12H14ClNO3S2/c13-9-4-3-8(19-9)5-18-6-10(15)14-11(12(16)17)7-1-2-7/h3-4,7,11H,1-2,5-6H2,(H,14,15)(H,16,17). The van der Waals surface area contributed by atoms with E-state index in [4.69, 9.17) is 16.7 Å². The third-order valence-corrected chi connectivity index (χ3v) is 5.18. The molecular formula is C12H14ClNO3S2. The molecule has 19 heavy (non-hydrogen) atoms. The third kappa shape index (κ3) is 4.71. The van der Waals surface area contributed by atoms with Crippen molar-refractivity contribution < 1.29 is 14.7 Å². The van der Waals surface area contributed by atoms with E-state index in [1.807, 2.05) is 12.1 Å². The molecule has 2 rings (SSSR count). The number of nitrogens with one attached hydrogen (secondary N) is 1. The Kier molecular flexibility index (Phi) is 5.13. The predicted molar refractivity (Wildman–Crippen MR) is 77.8 cm³/mol. The monoisotopic (exact) mass is 319 g/mol. The molecule has 0 aliphatic heterocycles. The number of halogens is 1. The topological polar surface area (TPSA) is 66.4 Å². The van der Waals surface area contributed by atoms with Gasteiger partial charge in [-0.1, -0.05) is 11.6 Å². The van der Waals surface area contributed by atoms with Crippen molar-refractivity contribution in [3.05, 3.63) is 21.3 Å². The van der Waals surface area contributed by atoms with Gasteiger partial charge in [-0.05, 0) is 30.9 Å². The molecule has 1 atom stereocenters. The number of thiophene rings is 1. The largest absolute Gasteiger partial charge is 0.480 e. The minimum atomic E-state index is -0.939. The highest BCUT2D eigenvalue weighted by molar-refractivity contribution is 7.99. The van der Waals surface area contributed by atoms with Gasteiger partial charge in [0.2, 0.25) is 5.91 Å². The third-order valence-electron chi connectivity index (χ3n) is 2.78. The van der Waals surface area contributed by atoms with Gasteiger partial charge in [0, 0.05) is 10.6 Å². The highest BCUT2D eigenvalue weighted by Gasteiger charge is 2.37. The molecule has 1 aromatic rings. The summed E-state index contributed by atoms with van der Waals surface area (Å²) in [5.74, 6) is -0.0572. The first kappa shape index (κ1) is 14.7. The number of hydrogen-bond donors (Lipinski definition) is 2. The van der Waals surface area contributed by atoms with E-state index in [0.717, 1.165) is 22.1 Å². The molecule has 1 amide bonds. The zero-order chi connectivity index (χ0) is 13.8. The summed E-state index contributed by atoms with van der Waals surface area (Å²) >= 11 is 8.76. The number of carbonyl (C=O) groups excluding carboxylic acids is 1. The molecular weight excluding hydrogens is 306 g/mol. The van der Waals surface area contributed by atoms with Crippen LogP contribution < -0.4 is 5.32 Å². The number of aliphatic carboxylic acids is 1. The second kappa shape index (κ2) is 6.63. The van der Waals surface area contributed by atoms with Gasteiger partial charge in [-0.2, -0.15) is 0 Å². The zero-order valence-corrected chi connectivity index (χ0v) is 12.5. The molecule has 0 aromatic carbocycles. The van der Waals surface area contributed by atoms with E-state index in [9.17, 15) is 9.59 Å². The molecule has 1 aromatic heterocycles.